The Morgan fingerprint density at radius 3 is 2.68 bits per heavy atom. The first-order valence-electron chi connectivity index (χ1n) is 6.57. The molecule has 102 valence electrons. The first-order valence-corrected chi connectivity index (χ1v) is 7.45. The molecule has 1 atom stereocenters. The lowest BCUT2D eigenvalue weighted by atomic mass is 10.1. The van der Waals surface area contributed by atoms with Crippen molar-refractivity contribution < 1.29 is 5.11 Å². The van der Waals surface area contributed by atoms with Crippen LogP contribution in [0.5, 0.6) is 0 Å². The van der Waals surface area contributed by atoms with Gasteiger partial charge in [0.05, 0.1) is 6.61 Å². The van der Waals surface area contributed by atoms with Crippen molar-refractivity contribution in [2.75, 3.05) is 11.9 Å². The summed E-state index contributed by atoms with van der Waals surface area (Å²) < 4.78 is 0. The van der Waals surface area contributed by atoms with Crippen LogP contribution in [0.4, 0.5) is 5.69 Å². The fourth-order valence-electron chi connectivity index (χ4n) is 2.31. The smallest absolute Gasteiger partial charge is 0.0681 e. The molecule has 2 nitrogen and oxygen atoms in total. The maximum Gasteiger partial charge on any atom is 0.0681 e. The second-order valence-corrected chi connectivity index (χ2v) is 6.05. The van der Waals surface area contributed by atoms with Gasteiger partial charge in [0.15, 0.2) is 0 Å². The van der Waals surface area contributed by atoms with E-state index in [1.165, 1.54) is 16.1 Å². The predicted octanol–water partition coefficient (Wildman–Crippen LogP) is 3.62. The predicted molar refractivity (Wildman–Crippen MR) is 83.0 cm³/mol. The number of rotatable bonds is 5. The van der Waals surface area contributed by atoms with Gasteiger partial charge in [-0.05, 0) is 42.5 Å². The van der Waals surface area contributed by atoms with E-state index < -0.39 is 0 Å². The summed E-state index contributed by atoms with van der Waals surface area (Å²) in [5.74, 6) is 0. The van der Waals surface area contributed by atoms with E-state index >= 15 is 0 Å². The van der Waals surface area contributed by atoms with E-state index in [0.717, 1.165) is 12.0 Å². The first kappa shape index (κ1) is 14.1. The number of anilines is 1. The molecular weight excluding hydrogens is 254 g/mol. The number of nitrogens with zero attached hydrogens (tertiary/aromatic N) is 1. The lowest BCUT2D eigenvalue weighted by Gasteiger charge is -2.28. The van der Waals surface area contributed by atoms with Crippen molar-refractivity contribution in [2.45, 2.75) is 32.9 Å². The molecule has 0 radical (unpaired) electrons. The normalized spacial score (nSPS) is 12.4. The van der Waals surface area contributed by atoms with Crippen molar-refractivity contribution in [3.63, 3.8) is 0 Å². The molecule has 0 saturated heterocycles. The van der Waals surface area contributed by atoms with Gasteiger partial charge in [0, 0.05) is 30.1 Å². The minimum absolute atomic E-state index is 0.107. The number of aliphatic hydroxyl groups is 1. The molecule has 1 N–H and O–H groups in total. The summed E-state index contributed by atoms with van der Waals surface area (Å²) in [6.07, 6.45) is 1.06. The summed E-state index contributed by atoms with van der Waals surface area (Å²) in [4.78, 5) is 3.74. The lowest BCUT2D eigenvalue weighted by Crippen LogP contribution is -2.31. The Morgan fingerprint density at radius 1 is 1.32 bits per heavy atom. The molecule has 2 aromatic rings. The van der Waals surface area contributed by atoms with E-state index in [1.54, 1.807) is 0 Å². The van der Waals surface area contributed by atoms with Crippen LogP contribution in [0.2, 0.25) is 0 Å². The molecule has 1 unspecified atom stereocenters. The summed E-state index contributed by atoms with van der Waals surface area (Å²) >= 11 is 1.81. The van der Waals surface area contributed by atoms with E-state index in [1.807, 2.05) is 17.4 Å². The van der Waals surface area contributed by atoms with E-state index in [-0.39, 0.29) is 6.61 Å². The second kappa shape index (κ2) is 6.22. The Kier molecular flexibility index (Phi) is 4.61. The molecule has 1 heterocycles. The van der Waals surface area contributed by atoms with Crippen LogP contribution in [-0.4, -0.2) is 18.2 Å². The fourth-order valence-corrected chi connectivity index (χ4v) is 3.13. The summed E-state index contributed by atoms with van der Waals surface area (Å²) in [5, 5.41) is 11.3. The highest BCUT2D eigenvalue weighted by atomic mass is 32.1. The largest absolute Gasteiger partial charge is 0.392 e. The van der Waals surface area contributed by atoms with E-state index in [2.05, 4.69) is 55.4 Å². The van der Waals surface area contributed by atoms with Crippen LogP contribution in [-0.2, 0) is 13.0 Å². The third kappa shape index (κ3) is 3.37. The summed E-state index contributed by atoms with van der Waals surface area (Å²) in [7, 11) is 2.14. The standard InChI is InChI=1S/C16H21NOS/c1-12-9-14(11-18)6-7-16(12)17(3)13(2)10-15-5-4-8-19-15/h4-9,13,18H,10-11H2,1-3H3. The van der Waals surface area contributed by atoms with E-state index in [0.29, 0.717) is 6.04 Å². The van der Waals surface area contributed by atoms with Crippen LogP contribution in [0.1, 0.15) is 22.9 Å². The van der Waals surface area contributed by atoms with Crippen LogP contribution in [0.15, 0.2) is 35.7 Å². The van der Waals surface area contributed by atoms with Gasteiger partial charge >= 0.3 is 0 Å². The molecule has 2 rings (SSSR count). The van der Waals surface area contributed by atoms with Crippen LogP contribution >= 0.6 is 11.3 Å². The van der Waals surface area contributed by atoms with Gasteiger partial charge in [0.2, 0.25) is 0 Å². The summed E-state index contributed by atoms with van der Waals surface area (Å²) in [6, 6.07) is 10.9. The molecule has 1 aromatic carbocycles. The van der Waals surface area contributed by atoms with Gasteiger partial charge in [-0.1, -0.05) is 18.2 Å². The third-order valence-corrected chi connectivity index (χ3v) is 4.46. The molecule has 1 aromatic heterocycles. The number of benzene rings is 1. The molecule has 0 saturated carbocycles. The maximum absolute atomic E-state index is 9.16. The Hall–Kier alpha value is -1.32. The van der Waals surface area contributed by atoms with Gasteiger partial charge in [-0.2, -0.15) is 0 Å². The van der Waals surface area contributed by atoms with Gasteiger partial charge < -0.3 is 10.0 Å². The fraction of sp³-hybridized carbons (Fsp3) is 0.375. The average molecular weight is 275 g/mol. The Morgan fingerprint density at radius 2 is 2.11 bits per heavy atom. The number of likely N-dealkylation sites (N-methyl/N-ethyl adjacent to an activating group) is 1. The first-order chi connectivity index (χ1) is 9.11. The van der Waals surface area contributed by atoms with Crippen molar-refractivity contribution in [1.82, 2.24) is 0 Å². The number of hydrogen-bond donors (Lipinski definition) is 1. The summed E-state index contributed by atoms with van der Waals surface area (Å²) in [6.45, 7) is 4.46. The topological polar surface area (TPSA) is 23.5 Å². The molecule has 0 spiro atoms. The molecular formula is C16H21NOS. The zero-order valence-electron chi connectivity index (χ0n) is 11.8. The van der Waals surface area contributed by atoms with E-state index in [4.69, 9.17) is 5.11 Å². The molecule has 19 heavy (non-hydrogen) atoms. The lowest BCUT2D eigenvalue weighted by molar-refractivity contribution is 0.282. The molecule has 0 aliphatic carbocycles. The highest BCUT2D eigenvalue weighted by Gasteiger charge is 2.13. The van der Waals surface area contributed by atoms with Gasteiger partial charge in [0.25, 0.3) is 0 Å². The minimum atomic E-state index is 0.107. The molecule has 0 amide bonds. The van der Waals surface area contributed by atoms with Crippen LogP contribution < -0.4 is 4.90 Å². The second-order valence-electron chi connectivity index (χ2n) is 5.02. The average Bonchev–Trinajstić information content (AvgIpc) is 2.90. The number of thiophene rings is 1. The molecule has 0 bridgehead atoms. The maximum atomic E-state index is 9.16. The molecule has 0 aliphatic heterocycles. The zero-order chi connectivity index (χ0) is 13.8. The highest BCUT2D eigenvalue weighted by molar-refractivity contribution is 7.09. The van der Waals surface area contributed by atoms with Gasteiger partial charge in [-0.15, -0.1) is 11.3 Å². The highest BCUT2D eigenvalue weighted by Crippen LogP contribution is 2.24. The Balaban J connectivity index is 2.12. The number of aliphatic hydroxyl groups excluding tert-OH is 1. The van der Waals surface area contributed by atoms with Crippen LogP contribution in [0, 0.1) is 6.92 Å². The van der Waals surface area contributed by atoms with Crippen molar-refractivity contribution in [3.05, 3.63) is 51.7 Å². The van der Waals surface area contributed by atoms with Crippen molar-refractivity contribution >= 4 is 17.0 Å². The minimum Gasteiger partial charge on any atom is -0.392 e. The quantitative estimate of drug-likeness (QED) is 0.901. The number of aryl methyl sites for hydroxylation is 1. The van der Waals surface area contributed by atoms with Crippen molar-refractivity contribution in [1.29, 1.82) is 0 Å². The molecule has 3 heteroatoms. The van der Waals surface area contributed by atoms with Crippen LogP contribution in [0.3, 0.4) is 0 Å². The van der Waals surface area contributed by atoms with Gasteiger partial charge in [-0.25, -0.2) is 0 Å². The van der Waals surface area contributed by atoms with Gasteiger partial charge in [0.1, 0.15) is 0 Å². The molecule has 0 fully saturated rings. The van der Waals surface area contributed by atoms with Gasteiger partial charge in [-0.3, -0.25) is 0 Å². The summed E-state index contributed by atoms with van der Waals surface area (Å²) in [5.41, 5.74) is 3.42. The Bertz CT molecular complexity index is 522. The number of hydrogen-bond acceptors (Lipinski definition) is 3. The monoisotopic (exact) mass is 275 g/mol. The SMILES string of the molecule is Cc1cc(CO)ccc1N(C)C(C)Cc1cccs1. The zero-order valence-corrected chi connectivity index (χ0v) is 12.6. The van der Waals surface area contributed by atoms with Crippen molar-refractivity contribution in [3.8, 4) is 0 Å². The van der Waals surface area contributed by atoms with E-state index in [9.17, 15) is 0 Å². The Labute approximate surface area is 119 Å². The third-order valence-electron chi connectivity index (χ3n) is 3.56. The molecule has 0 aliphatic rings. The van der Waals surface area contributed by atoms with Crippen molar-refractivity contribution in [2.24, 2.45) is 0 Å². The van der Waals surface area contributed by atoms with Crippen LogP contribution in [0.25, 0.3) is 0 Å².